The van der Waals surface area contributed by atoms with Crippen LogP contribution in [0.15, 0.2) is 59.5 Å². The molecule has 0 saturated heterocycles. The van der Waals surface area contributed by atoms with Crippen molar-refractivity contribution in [3.05, 3.63) is 59.6 Å². The minimum absolute atomic E-state index is 0.121. The van der Waals surface area contributed by atoms with E-state index < -0.39 is 10.0 Å². The molecule has 1 N–H and O–H groups in total. The van der Waals surface area contributed by atoms with Gasteiger partial charge in [0.1, 0.15) is 5.01 Å². The van der Waals surface area contributed by atoms with Crippen molar-refractivity contribution >= 4 is 49.2 Å². The van der Waals surface area contributed by atoms with E-state index in [0.29, 0.717) is 5.69 Å². The first kappa shape index (κ1) is 18.2. The van der Waals surface area contributed by atoms with E-state index in [4.69, 9.17) is 0 Å². The van der Waals surface area contributed by atoms with Gasteiger partial charge in [-0.25, -0.2) is 17.7 Å². The Labute approximate surface area is 155 Å². The number of fused-ring (bicyclic) bond motifs is 1. The number of hydrogen-bond acceptors (Lipinski definition) is 5. The topological polar surface area (TPSA) is 79.4 Å². The molecule has 2 aromatic carbocycles. The van der Waals surface area contributed by atoms with Crippen molar-refractivity contribution in [2.45, 2.75) is 4.90 Å². The lowest BCUT2D eigenvalue weighted by Gasteiger charge is -2.12. The Bertz CT molecular complexity index is 1050. The predicted octanol–water partition coefficient (Wildman–Crippen LogP) is 3.20. The van der Waals surface area contributed by atoms with Crippen LogP contribution in [0.25, 0.3) is 16.3 Å². The first-order valence-corrected chi connectivity index (χ1v) is 9.99. The van der Waals surface area contributed by atoms with Crippen LogP contribution in [-0.2, 0) is 14.8 Å². The van der Waals surface area contributed by atoms with Crippen LogP contribution in [-0.4, -0.2) is 37.7 Å². The minimum atomic E-state index is -3.55. The average molecular weight is 387 g/mol. The summed E-state index contributed by atoms with van der Waals surface area (Å²) in [5, 5.41) is 3.39. The van der Waals surface area contributed by atoms with Crippen molar-refractivity contribution in [3.8, 4) is 0 Å². The maximum atomic E-state index is 12.2. The van der Waals surface area contributed by atoms with E-state index in [1.807, 2.05) is 24.3 Å². The lowest BCUT2D eigenvalue weighted by Crippen LogP contribution is -2.22. The van der Waals surface area contributed by atoms with Gasteiger partial charge in [0.15, 0.2) is 0 Å². The highest BCUT2D eigenvalue weighted by Gasteiger charge is 2.17. The molecule has 3 rings (SSSR count). The molecule has 0 radical (unpaired) electrons. The van der Waals surface area contributed by atoms with Gasteiger partial charge in [0.2, 0.25) is 15.9 Å². The largest absolute Gasteiger partial charge is 0.322 e. The van der Waals surface area contributed by atoms with E-state index in [-0.39, 0.29) is 10.8 Å². The van der Waals surface area contributed by atoms with Gasteiger partial charge in [-0.05, 0) is 36.4 Å². The van der Waals surface area contributed by atoms with Gasteiger partial charge in [0, 0.05) is 25.9 Å². The SMILES string of the molecule is CN(C)S(=O)(=O)c1cccc(NC(=O)/C=C/c2nc3ccccc3s2)c1. The molecule has 1 aromatic heterocycles. The second-order valence-corrected chi connectivity index (χ2v) is 8.87. The van der Waals surface area contributed by atoms with Crippen molar-refractivity contribution in [2.75, 3.05) is 19.4 Å². The number of carbonyl (C=O) groups excluding carboxylic acids is 1. The minimum Gasteiger partial charge on any atom is -0.322 e. The first-order chi connectivity index (χ1) is 12.4. The van der Waals surface area contributed by atoms with E-state index in [1.165, 1.54) is 43.6 Å². The molecule has 0 aliphatic rings. The highest BCUT2D eigenvalue weighted by molar-refractivity contribution is 7.89. The molecule has 0 aliphatic heterocycles. The number of hydrogen-bond donors (Lipinski definition) is 1. The summed E-state index contributed by atoms with van der Waals surface area (Å²) in [6.07, 6.45) is 3.02. The number of carbonyl (C=O) groups is 1. The Balaban J connectivity index is 1.74. The number of thiazole rings is 1. The summed E-state index contributed by atoms with van der Waals surface area (Å²) in [6.45, 7) is 0. The van der Waals surface area contributed by atoms with Gasteiger partial charge in [0.05, 0.1) is 15.1 Å². The number of sulfonamides is 1. The van der Waals surface area contributed by atoms with E-state index in [2.05, 4.69) is 10.3 Å². The molecule has 0 atom stereocenters. The Kier molecular flexibility index (Phi) is 5.17. The summed E-state index contributed by atoms with van der Waals surface area (Å²) in [5.74, 6) is -0.358. The van der Waals surface area contributed by atoms with E-state index in [1.54, 1.807) is 18.2 Å². The maximum Gasteiger partial charge on any atom is 0.248 e. The zero-order valence-electron chi connectivity index (χ0n) is 14.2. The standard InChI is InChI=1S/C18H17N3O3S2/c1-21(2)26(23,24)14-7-5-6-13(12-14)19-17(22)10-11-18-20-15-8-3-4-9-16(15)25-18/h3-12H,1-2H3,(H,19,22)/b11-10+. The van der Waals surface area contributed by atoms with Gasteiger partial charge in [-0.15, -0.1) is 11.3 Å². The summed E-state index contributed by atoms with van der Waals surface area (Å²) in [7, 11) is -0.630. The number of para-hydroxylation sites is 1. The maximum absolute atomic E-state index is 12.2. The Morgan fingerprint density at radius 2 is 1.92 bits per heavy atom. The summed E-state index contributed by atoms with van der Waals surface area (Å²) < 4.78 is 26.5. The molecule has 8 heteroatoms. The van der Waals surface area contributed by atoms with Crippen LogP contribution in [0.1, 0.15) is 5.01 Å². The summed E-state index contributed by atoms with van der Waals surface area (Å²) in [5.41, 5.74) is 1.30. The normalized spacial score (nSPS) is 12.1. The highest BCUT2D eigenvalue weighted by Crippen LogP contribution is 2.22. The third-order valence-corrected chi connectivity index (χ3v) is 6.38. The van der Waals surface area contributed by atoms with Crippen LogP contribution in [0.5, 0.6) is 0 Å². The number of benzene rings is 2. The number of rotatable bonds is 5. The summed E-state index contributed by atoms with van der Waals surface area (Å²) in [6, 6.07) is 13.9. The fourth-order valence-electron chi connectivity index (χ4n) is 2.24. The van der Waals surface area contributed by atoms with Gasteiger partial charge < -0.3 is 5.32 Å². The predicted molar refractivity (Wildman–Crippen MR) is 105 cm³/mol. The zero-order valence-corrected chi connectivity index (χ0v) is 15.8. The fourth-order valence-corrected chi connectivity index (χ4v) is 4.06. The van der Waals surface area contributed by atoms with Crippen molar-refractivity contribution in [2.24, 2.45) is 0 Å². The molecule has 0 spiro atoms. The molecule has 0 bridgehead atoms. The summed E-state index contributed by atoms with van der Waals surface area (Å²) in [4.78, 5) is 16.7. The fraction of sp³-hybridized carbons (Fsp3) is 0.111. The van der Waals surface area contributed by atoms with Crippen molar-refractivity contribution < 1.29 is 13.2 Å². The molecule has 0 unspecified atom stereocenters. The molecule has 3 aromatic rings. The van der Waals surface area contributed by atoms with Crippen LogP contribution in [0.2, 0.25) is 0 Å². The molecule has 0 fully saturated rings. The highest BCUT2D eigenvalue weighted by atomic mass is 32.2. The van der Waals surface area contributed by atoms with Crippen LogP contribution >= 0.6 is 11.3 Å². The van der Waals surface area contributed by atoms with Crippen molar-refractivity contribution in [1.29, 1.82) is 0 Å². The van der Waals surface area contributed by atoms with E-state index in [9.17, 15) is 13.2 Å². The number of aromatic nitrogens is 1. The Hall–Kier alpha value is -2.55. The van der Waals surface area contributed by atoms with Crippen molar-refractivity contribution in [3.63, 3.8) is 0 Å². The second-order valence-electron chi connectivity index (χ2n) is 5.66. The number of nitrogens with one attached hydrogen (secondary N) is 1. The first-order valence-electron chi connectivity index (χ1n) is 7.73. The third kappa shape index (κ3) is 3.98. The zero-order chi connectivity index (χ0) is 18.7. The van der Waals surface area contributed by atoms with Gasteiger partial charge in [-0.3, -0.25) is 4.79 Å². The monoisotopic (exact) mass is 387 g/mol. The molecule has 134 valence electrons. The van der Waals surface area contributed by atoms with Gasteiger partial charge in [0.25, 0.3) is 0 Å². The molecule has 0 saturated carbocycles. The van der Waals surface area contributed by atoms with E-state index in [0.717, 1.165) is 19.5 Å². The molecule has 26 heavy (non-hydrogen) atoms. The molecule has 0 aliphatic carbocycles. The second kappa shape index (κ2) is 7.36. The third-order valence-electron chi connectivity index (χ3n) is 3.57. The lowest BCUT2D eigenvalue weighted by molar-refractivity contribution is -0.111. The van der Waals surface area contributed by atoms with Crippen LogP contribution in [0.3, 0.4) is 0 Å². The molecular formula is C18H17N3O3S2. The van der Waals surface area contributed by atoms with Crippen molar-refractivity contribution in [1.82, 2.24) is 9.29 Å². The molecule has 1 heterocycles. The van der Waals surface area contributed by atoms with Crippen LogP contribution in [0.4, 0.5) is 5.69 Å². The van der Waals surface area contributed by atoms with E-state index >= 15 is 0 Å². The summed E-state index contributed by atoms with van der Waals surface area (Å²) >= 11 is 1.49. The average Bonchev–Trinajstić information content (AvgIpc) is 3.03. The number of amides is 1. The lowest BCUT2D eigenvalue weighted by atomic mass is 10.3. The van der Waals surface area contributed by atoms with Crippen LogP contribution < -0.4 is 5.32 Å². The number of anilines is 1. The molecule has 1 amide bonds. The van der Waals surface area contributed by atoms with Gasteiger partial charge >= 0.3 is 0 Å². The smallest absolute Gasteiger partial charge is 0.248 e. The Morgan fingerprint density at radius 3 is 2.65 bits per heavy atom. The van der Waals surface area contributed by atoms with Gasteiger partial charge in [-0.1, -0.05) is 18.2 Å². The van der Waals surface area contributed by atoms with Gasteiger partial charge in [-0.2, -0.15) is 0 Å². The quantitative estimate of drug-likeness (QED) is 0.682. The molecular weight excluding hydrogens is 370 g/mol. The molecule has 6 nitrogen and oxygen atoms in total. The number of nitrogens with zero attached hydrogens (tertiary/aromatic N) is 2. The van der Waals surface area contributed by atoms with Crippen LogP contribution in [0, 0.1) is 0 Å². The Morgan fingerprint density at radius 1 is 1.15 bits per heavy atom.